The summed E-state index contributed by atoms with van der Waals surface area (Å²) in [7, 11) is 3.19. The predicted octanol–water partition coefficient (Wildman–Crippen LogP) is 0.872. The fourth-order valence-electron chi connectivity index (χ4n) is 2.70. The molecule has 0 atom stereocenters. The fraction of sp³-hybridized carbons (Fsp3) is 0.278. The van der Waals surface area contributed by atoms with Crippen LogP contribution in [0.3, 0.4) is 0 Å². The molecule has 0 aliphatic rings. The Morgan fingerprint density at radius 2 is 2.08 bits per heavy atom. The smallest absolute Gasteiger partial charge is 0.291 e. The third kappa shape index (κ3) is 3.69. The predicted molar refractivity (Wildman–Crippen MR) is 95.7 cm³/mol. The van der Waals surface area contributed by atoms with Crippen molar-refractivity contribution in [1.82, 2.24) is 19.5 Å². The zero-order valence-electron chi connectivity index (χ0n) is 14.6. The monoisotopic (exact) mass is 356 g/mol. The molecule has 136 valence electrons. The van der Waals surface area contributed by atoms with Crippen LogP contribution in [-0.4, -0.2) is 40.9 Å². The van der Waals surface area contributed by atoms with Crippen molar-refractivity contribution >= 4 is 11.4 Å². The first-order chi connectivity index (χ1) is 12.6. The van der Waals surface area contributed by atoms with Crippen molar-refractivity contribution in [2.24, 2.45) is 0 Å². The van der Waals surface area contributed by atoms with E-state index in [9.17, 15) is 9.59 Å². The van der Waals surface area contributed by atoms with Gasteiger partial charge in [0, 0.05) is 12.7 Å². The van der Waals surface area contributed by atoms with Gasteiger partial charge in [0.1, 0.15) is 29.9 Å². The SMILES string of the molecule is COc1ccc(OC)c(CCNC(=O)Cn2ncn3cccc3c2=O)c1. The van der Waals surface area contributed by atoms with E-state index in [1.807, 2.05) is 18.2 Å². The summed E-state index contributed by atoms with van der Waals surface area (Å²) in [5, 5.41) is 6.80. The molecule has 2 heterocycles. The number of aromatic nitrogens is 3. The van der Waals surface area contributed by atoms with Gasteiger partial charge in [-0.3, -0.25) is 9.59 Å². The van der Waals surface area contributed by atoms with Gasteiger partial charge in [0.05, 0.1) is 14.2 Å². The molecule has 0 radical (unpaired) electrons. The van der Waals surface area contributed by atoms with Crippen molar-refractivity contribution in [2.45, 2.75) is 13.0 Å². The standard InChI is InChI=1S/C18H20N4O4/c1-25-14-5-6-16(26-2)13(10-14)7-8-19-17(23)11-22-18(24)15-4-3-9-21(15)12-20-22/h3-6,9-10,12H,7-8,11H2,1-2H3,(H,19,23). The van der Waals surface area contributed by atoms with E-state index < -0.39 is 0 Å². The zero-order chi connectivity index (χ0) is 18.5. The van der Waals surface area contributed by atoms with Gasteiger partial charge in [0.2, 0.25) is 5.91 Å². The largest absolute Gasteiger partial charge is 0.497 e. The molecular formula is C18H20N4O4. The number of methoxy groups -OCH3 is 2. The molecule has 1 aromatic carbocycles. The highest BCUT2D eigenvalue weighted by molar-refractivity contribution is 5.75. The van der Waals surface area contributed by atoms with Crippen molar-refractivity contribution in [3.8, 4) is 11.5 Å². The summed E-state index contributed by atoms with van der Waals surface area (Å²) in [6.45, 7) is 0.278. The quantitative estimate of drug-likeness (QED) is 0.679. The van der Waals surface area contributed by atoms with Gasteiger partial charge < -0.3 is 19.2 Å². The van der Waals surface area contributed by atoms with E-state index in [0.717, 1.165) is 21.7 Å². The van der Waals surface area contributed by atoms with Crippen LogP contribution in [0.5, 0.6) is 11.5 Å². The molecule has 0 saturated heterocycles. The Labute approximate surface area is 150 Å². The number of hydrogen-bond acceptors (Lipinski definition) is 5. The van der Waals surface area contributed by atoms with Gasteiger partial charge in [-0.15, -0.1) is 0 Å². The highest BCUT2D eigenvalue weighted by Crippen LogP contribution is 2.24. The lowest BCUT2D eigenvalue weighted by Crippen LogP contribution is -2.35. The van der Waals surface area contributed by atoms with Crippen LogP contribution in [0.15, 0.2) is 47.7 Å². The van der Waals surface area contributed by atoms with Crippen LogP contribution >= 0.6 is 0 Å². The molecule has 0 aliphatic heterocycles. The third-order valence-corrected chi connectivity index (χ3v) is 4.05. The molecule has 8 heteroatoms. The molecule has 8 nitrogen and oxygen atoms in total. The van der Waals surface area contributed by atoms with Crippen LogP contribution < -0.4 is 20.3 Å². The van der Waals surface area contributed by atoms with Crippen LogP contribution in [0.4, 0.5) is 0 Å². The highest BCUT2D eigenvalue weighted by Gasteiger charge is 2.09. The Morgan fingerprint density at radius 1 is 1.23 bits per heavy atom. The number of carbonyl (C=O) groups is 1. The van der Waals surface area contributed by atoms with Crippen LogP contribution in [0, 0.1) is 0 Å². The van der Waals surface area contributed by atoms with E-state index in [0.29, 0.717) is 18.5 Å². The van der Waals surface area contributed by atoms with Gasteiger partial charge in [0.15, 0.2) is 0 Å². The lowest BCUT2D eigenvalue weighted by molar-refractivity contribution is -0.121. The molecule has 1 N–H and O–H groups in total. The maximum Gasteiger partial charge on any atom is 0.291 e. The number of carbonyl (C=O) groups excluding carboxylic acids is 1. The molecule has 26 heavy (non-hydrogen) atoms. The maximum absolute atomic E-state index is 12.2. The summed E-state index contributed by atoms with van der Waals surface area (Å²) in [5.41, 5.74) is 1.10. The van der Waals surface area contributed by atoms with Crippen molar-refractivity contribution in [2.75, 3.05) is 20.8 Å². The van der Waals surface area contributed by atoms with Gasteiger partial charge in [-0.25, -0.2) is 4.68 Å². The van der Waals surface area contributed by atoms with Gasteiger partial charge in [-0.1, -0.05) is 0 Å². The minimum absolute atomic E-state index is 0.129. The van der Waals surface area contributed by atoms with Crippen LogP contribution in [0.1, 0.15) is 5.56 Å². The van der Waals surface area contributed by atoms with Crippen LogP contribution in [0.25, 0.3) is 5.52 Å². The number of hydrogen-bond donors (Lipinski definition) is 1. The van der Waals surface area contributed by atoms with E-state index in [1.54, 1.807) is 36.9 Å². The number of ether oxygens (including phenoxy) is 2. The molecule has 0 fully saturated rings. The normalized spacial score (nSPS) is 10.7. The second-order valence-electron chi connectivity index (χ2n) is 5.67. The molecular weight excluding hydrogens is 336 g/mol. The number of nitrogens with zero attached hydrogens (tertiary/aromatic N) is 3. The molecule has 0 aliphatic carbocycles. The minimum Gasteiger partial charge on any atom is -0.497 e. The summed E-state index contributed by atoms with van der Waals surface area (Å²) in [6, 6.07) is 8.96. The first-order valence-corrected chi connectivity index (χ1v) is 8.13. The molecule has 0 spiro atoms. The molecule has 0 saturated carbocycles. The topological polar surface area (TPSA) is 86.9 Å². The molecule has 3 rings (SSSR count). The number of fused-ring (bicyclic) bond motifs is 1. The number of nitrogens with one attached hydrogen (secondary N) is 1. The van der Waals surface area contributed by atoms with Crippen molar-refractivity contribution < 1.29 is 14.3 Å². The van der Waals surface area contributed by atoms with Crippen molar-refractivity contribution in [1.29, 1.82) is 0 Å². The fourth-order valence-corrected chi connectivity index (χ4v) is 2.70. The first kappa shape index (κ1) is 17.5. The second kappa shape index (κ2) is 7.73. The Kier molecular flexibility index (Phi) is 5.21. The molecule has 0 bridgehead atoms. The number of amides is 1. The van der Waals surface area contributed by atoms with Crippen LogP contribution in [0.2, 0.25) is 0 Å². The Morgan fingerprint density at radius 3 is 2.85 bits per heavy atom. The average molecular weight is 356 g/mol. The summed E-state index contributed by atoms with van der Waals surface area (Å²) < 4.78 is 13.3. The van der Waals surface area contributed by atoms with Crippen molar-refractivity contribution in [3.05, 3.63) is 58.8 Å². The van der Waals surface area contributed by atoms with E-state index in [2.05, 4.69) is 10.4 Å². The molecule has 2 aromatic heterocycles. The Balaban J connectivity index is 1.60. The summed E-state index contributed by atoms with van der Waals surface area (Å²) in [4.78, 5) is 24.4. The lowest BCUT2D eigenvalue weighted by Gasteiger charge is -2.11. The summed E-state index contributed by atoms with van der Waals surface area (Å²) in [6.07, 6.45) is 3.81. The Hall–Kier alpha value is -3.29. The summed E-state index contributed by atoms with van der Waals surface area (Å²) in [5.74, 6) is 1.18. The third-order valence-electron chi connectivity index (χ3n) is 4.05. The maximum atomic E-state index is 12.2. The van der Waals surface area contributed by atoms with Gasteiger partial charge in [-0.05, 0) is 42.3 Å². The van der Waals surface area contributed by atoms with E-state index in [4.69, 9.17) is 9.47 Å². The van der Waals surface area contributed by atoms with Crippen LogP contribution in [-0.2, 0) is 17.8 Å². The Bertz CT molecular complexity index is 977. The molecule has 0 unspecified atom stereocenters. The zero-order valence-corrected chi connectivity index (χ0v) is 14.6. The number of benzene rings is 1. The minimum atomic E-state index is -0.304. The van der Waals surface area contributed by atoms with Gasteiger partial charge in [-0.2, -0.15) is 5.10 Å². The first-order valence-electron chi connectivity index (χ1n) is 8.13. The average Bonchev–Trinajstić information content (AvgIpc) is 3.13. The van der Waals surface area contributed by atoms with Crippen molar-refractivity contribution in [3.63, 3.8) is 0 Å². The van der Waals surface area contributed by atoms with Gasteiger partial charge >= 0.3 is 0 Å². The molecule has 3 aromatic rings. The summed E-state index contributed by atoms with van der Waals surface area (Å²) >= 11 is 0. The van der Waals surface area contributed by atoms with Gasteiger partial charge in [0.25, 0.3) is 5.56 Å². The highest BCUT2D eigenvalue weighted by atomic mass is 16.5. The van der Waals surface area contributed by atoms with E-state index in [-0.39, 0.29) is 18.0 Å². The van der Waals surface area contributed by atoms with E-state index >= 15 is 0 Å². The number of rotatable bonds is 7. The molecule has 1 amide bonds. The lowest BCUT2D eigenvalue weighted by atomic mass is 10.1. The second-order valence-corrected chi connectivity index (χ2v) is 5.67. The van der Waals surface area contributed by atoms with E-state index in [1.165, 1.54) is 6.33 Å².